The van der Waals surface area contributed by atoms with Crippen molar-refractivity contribution >= 4 is 11.9 Å². The molecule has 0 aromatic heterocycles. The summed E-state index contributed by atoms with van der Waals surface area (Å²) < 4.78 is 9.36. The van der Waals surface area contributed by atoms with Crippen molar-refractivity contribution in [2.24, 2.45) is 0 Å². The molecule has 0 radical (unpaired) electrons. The number of carbonyl (C=O) groups is 2. The SMILES string of the molecule is CC(=O)O.CCC(O)COC(C)=O.CCC1CO1. The third kappa shape index (κ3) is 24.2. The molecular formula is C12H24O6. The molecule has 1 rings (SSSR count). The Morgan fingerprint density at radius 3 is 2.00 bits per heavy atom. The minimum Gasteiger partial charge on any atom is -0.481 e. The van der Waals surface area contributed by atoms with Crippen LogP contribution in [0.15, 0.2) is 0 Å². The Morgan fingerprint density at radius 1 is 1.39 bits per heavy atom. The number of rotatable bonds is 4. The fourth-order valence-corrected chi connectivity index (χ4v) is 0.635. The zero-order valence-corrected chi connectivity index (χ0v) is 11.5. The van der Waals surface area contributed by atoms with Gasteiger partial charge in [0.15, 0.2) is 0 Å². The summed E-state index contributed by atoms with van der Waals surface area (Å²) in [6.07, 6.45) is 1.94. The van der Waals surface area contributed by atoms with Crippen molar-refractivity contribution in [2.75, 3.05) is 13.2 Å². The van der Waals surface area contributed by atoms with E-state index in [0.717, 1.165) is 13.5 Å². The first-order chi connectivity index (χ1) is 8.33. The molecule has 0 aromatic rings. The highest BCUT2D eigenvalue weighted by Crippen LogP contribution is 2.10. The molecule has 1 aliphatic rings. The highest BCUT2D eigenvalue weighted by molar-refractivity contribution is 5.65. The van der Waals surface area contributed by atoms with Gasteiger partial charge < -0.3 is 19.7 Å². The first-order valence-corrected chi connectivity index (χ1v) is 5.95. The largest absolute Gasteiger partial charge is 0.481 e. The molecule has 2 unspecified atom stereocenters. The highest BCUT2D eigenvalue weighted by atomic mass is 16.6. The molecular weight excluding hydrogens is 240 g/mol. The molecule has 2 atom stereocenters. The van der Waals surface area contributed by atoms with Crippen molar-refractivity contribution in [3.63, 3.8) is 0 Å². The summed E-state index contributed by atoms with van der Waals surface area (Å²) in [4.78, 5) is 19.1. The molecule has 1 fully saturated rings. The lowest BCUT2D eigenvalue weighted by molar-refractivity contribution is -0.144. The molecule has 0 saturated carbocycles. The van der Waals surface area contributed by atoms with Crippen LogP contribution in [0.25, 0.3) is 0 Å². The summed E-state index contributed by atoms with van der Waals surface area (Å²) in [7, 11) is 0. The van der Waals surface area contributed by atoms with Gasteiger partial charge in [0, 0.05) is 13.8 Å². The molecule has 6 nitrogen and oxygen atoms in total. The average molecular weight is 264 g/mol. The van der Waals surface area contributed by atoms with Gasteiger partial charge in [-0.3, -0.25) is 9.59 Å². The van der Waals surface area contributed by atoms with Gasteiger partial charge in [0.05, 0.1) is 18.8 Å². The van der Waals surface area contributed by atoms with E-state index in [9.17, 15) is 4.79 Å². The number of aliphatic carboxylic acids is 1. The van der Waals surface area contributed by atoms with Crippen molar-refractivity contribution in [1.29, 1.82) is 0 Å². The zero-order chi connectivity index (χ0) is 14.6. The van der Waals surface area contributed by atoms with Crippen molar-refractivity contribution in [1.82, 2.24) is 0 Å². The third-order valence-electron chi connectivity index (χ3n) is 1.81. The maximum atomic E-state index is 10.1. The van der Waals surface area contributed by atoms with E-state index in [2.05, 4.69) is 11.7 Å². The van der Waals surface area contributed by atoms with Crippen molar-refractivity contribution < 1.29 is 29.3 Å². The Morgan fingerprint density at radius 2 is 1.83 bits per heavy atom. The van der Waals surface area contributed by atoms with E-state index in [-0.39, 0.29) is 12.6 Å². The smallest absolute Gasteiger partial charge is 0.302 e. The Kier molecular flexibility index (Phi) is 13.1. The van der Waals surface area contributed by atoms with E-state index >= 15 is 0 Å². The first kappa shape index (κ1) is 19.2. The van der Waals surface area contributed by atoms with Gasteiger partial charge >= 0.3 is 5.97 Å². The number of aliphatic hydroxyl groups excluding tert-OH is 1. The van der Waals surface area contributed by atoms with Crippen molar-refractivity contribution in [3.8, 4) is 0 Å². The van der Waals surface area contributed by atoms with Crippen LogP contribution < -0.4 is 0 Å². The molecule has 0 amide bonds. The molecule has 108 valence electrons. The Hall–Kier alpha value is -1.14. The fourth-order valence-electron chi connectivity index (χ4n) is 0.635. The molecule has 0 aliphatic carbocycles. The summed E-state index contributed by atoms with van der Waals surface area (Å²) in [6.45, 7) is 7.50. The van der Waals surface area contributed by atoms with Gasteiger partial charge in [-0.05, 0) is 12.8 Å². The molecule has 0 spiro atoms. The van der Waals surface area contributed by atoms with Crippen LogP contribution in [0.1, 0.15) is 40.5 Å². The van der Waals surface area contributed by atoms with Gasteiger partial charge in [0.25, 0.3) is 5.97 Å². The van der Waals surface area contributed by atoms with Crippen LogP contribution in [0.4, 0.5) is 0 Å². The quantitative estimate of drug-likeness (QED) is 0.585. The summed E-state index contributed by atoms with van der Waals surface area (Å²) in [5.74, 6) is -1.18. The molecule has 0 aromatic carbocycles. The van der Waals surface area contributed by atoms with E-state index in [0.29, 0.717) is 12.5 Å². The summed E-state index contributed by atoms with van der Waals surface area (Å²) in [6, 6.07) is 0. The second kappa shape index (κ2) is 12.3. The predicted octanol–water partition coefficient (Wildman–Crippen LogP) is 1.21. The second-order valence-electron chi connectivity index (χ2n) is 3.75. The Balaban J connectivity index is 0. The lowest BCUT2D eigenvalue weighted by atomic mass is 10.3. The molecule has 6 heteroatoms. The van der Waals surface area contributed by atoms with E-state index in [1.165, 1.54) is 13.3 Å². The van der Waals surface area contributed by atoms with Crippen LogP contribution in [-0.4, -0.2) is 47.6 Å². The lowest BCUT2D eigenvalue weighted by Crippen LogP contribution is -2.15. The number of epoxide rings is 1. The molecule has 2 N–H and O–H groups in total. The minimum atomic E-state index is -0.833. The lowest BCUT2D eigenvalue weighted by Gasteiger charge is -2.05. The molecule has 1 heterocycles. The van der Waals surface area contributed by atoms with Crippen molar-refractivity contribution in [3.05, 3.63) is 0 Å². The Labute approximate surface area is 108 Å². The number of carboxylic acids is 1. The topological polar surface area (TPSA) is 96.4 Å². The number of carbonyl (C=O) groups excluding carboxylic acids is 1. The zero-order valence-electron chi connectivity index (χ0n) is 11.5. The first-order valence-electron chi connectivity index (χ1n) is 5.95. The normalized spacial score (nSPS) is 17.3. The van der Waals surface area contributed by atoms with Gasteiger partial charge in [-0.25, -0.2) is 0 Å². The fraction of sp³-hybridized carbons (Fsp3) is 0.833. The van der Waals surface area contributed by atoms with E-state index < -0.39 is 12.1 Å². The van der Waals surface area contributed by atoms with Crippen LogP contribution in [0.5, 0.6) is 0 Å². The van der Waals surface area contributed by atoms with E-state index in [1.54, 1.807) is 0 Å². The average Bonchev–Trinajstić information content (AvgIpc) is 3.09. The molecule has 1 saturated heterocycles. The number of aliphatic hydroxyl groups is 1. The maximum Gasteiger partial charge on any atom is 0.302 e. The van der Waals surface area contributed by atoms with Crippen LogP contribution in [0.2, 0.25) is 0 Å². The Bertz CT molecular complexity index is 221. The summed E-state index contributed by atoms with van der Waals surface area (Å²) >= 11 is 0. The predicted molar refractivity (Wildman–Crippen MR) is 66.3 cm³/mol. The van der Waals surface area contributed by atoms with Crippen LogP contribution in [0.3, 0.4) is 0 Å². The second-order valence-corrected chi connectivity index (χ2v) is 3.75. The maximum absolute atomic E-state index is 10.1. The number of esters is 1. The number of hydrogen-bond acceptors (Lipinski definition) is 5. The molecule has 1 aliphatic heterocycles. The molecule has 18 heavy (non-hydrogen) atoms. The number of ether oxygens (including phenoxy) is 2. The van der Waals surface area contributed by atoms with Gasteiger partial charge in [-0.1, -0.05) is 13.8 Å². The van der Waals surface area contributed by atoms with Gasteiger partial charge in [-0.15, -0.1) is 0 Å². The van der Waals surface area contributed by atoms with Gasteiger partial charge in [-0.2, -0.15) is 0 Å². The number of carboxylic acid groups (broad SMARTS) is 1. The standard InChI is InChI=1S/C6H12O3.C4H8O.C2H4O2/c1-3-6(8)4-9-5(2)7;1-2-4-3-5-4;1-2(3)4/h6,8H,3-4H2,1-2H3;4H,2-3H2,1H3;1H3,(H,3,4). The van der Waals surface area contributed by atoms with Gasteiger partial charge in [0.1, 0.15) is 6.61 Å². The number of hydrogen-bond donors (Lipinski definition) is 2. The minimum absolute atomic E-state index is 0.117. The highest BCUT2D eigenvalue weighted by Gasteiger charge is 2.18. The van der Waals surface area contributed by atoms with Crippen LogP contribution >= 0.6 is 0 Å². The van der Waals surface area contributed by atoms with E-state index in [1.807, 2.05) is 6.92 Å². The molecule has 0 bridgehead atoms. The summed E-state index contributed by atoms with van der Waals surface area (Å²) in [5.41, 5.74) is 0. The third-order valence-corrected chi connectivity index (χ3v) is 1.81. The van der Waals surface area contributed by atoms with Crippen LogP contribution in [-0.2, 0) is 19.1 Å². The van der Waals surface area contributed by atoms with E-state index in [4.69, 9.17) is 19.7 Å². The monoisotopic (exact) mass is 264 g/mol. The van der Waals surface area contributed by atoms with Crippen LogP contribution in [0, 0.1) is 0 Å². The summed E-state index contributed by atoms with van der Waals surface area (Å²) in [5, 5.41) is 16.2. The van der Waals surface area contributed by atoms with Gasteiger partial charge in [0.2, 0.25) is 0 Å². The van der Waals surface area contributed by atoms with Crippen molar-refractivity contribution in [2.45, 2.75) is 52.7 Å².